The molecule has 0 aliphatic heterocycles. The molecule has 2 aromatic heterocycles. The van der Waals surface area contributed by atoms with Gasteiger partial charge in [-0.25, -0.2) is 9.97 Å². The molecular weight excluding hydrogens is 324 g/mol. The lowest BCUT2D eigenvalue weighted by Crippen LogP contribution is -1.82. The van der Waals surface area contributed by atoms with Crippen molar-refractivity contribution in [1.29, 1.82) is 0 Å². The standard InChI is InChI=1S/C18H14N2OS2/c1-12-5-4-6-13(9-12)17-19-14(10-22-17)11-23-18-20-15-7-2-3-8-16(15)21-18/h2-10H,11H2,1H3. The van der Waals surface area contributed by atoms with E-state index in [0.717, 1.165) is 27.6 Å². The average molecular weight is 338 g/mol. The van der Waals surface area contributed by atoms with E-state index in [-0.39, 0.29) is 0 Å². The van der Waals surface area contributed by atoms with Gasteiger partial charge >= 0.3 is 0 Å². The number of nitrogens with zero attached hydrogens (tertiary/aromatic N) is 2. The molecule has 0 N–H and O–H groups in total. The minimum atomic E-state index is 0.691. The number of aromatic nitrogens is 2. The summed E-state index contributed by atoms with van der Waals surface area (Å²) < 4.78 is 5.72. The Kier molecular flexibility index (Phi) is 3.89. The van der Waals surface area contributed by atoms with E-state index in [2.05, 4.69) is 41.6 Å². The summed E-state index contributed by atoms with van der Waals surface area (Å²) >= 11 is 3.25. The highest BCUT2D eigenvalue weighted by Gasteiger charge is 2.09. The Morgan fingerprint density at radius 3 is 2.87 bits per heavy atom. The largest absolute Gasteiger partial charge is 0.431 e. The first kappa shape index (κ1) is 14.5. The molecule has 0 radical (unpaired) electrons. The quantitative estimate of drug-likeness (QED) is 0.457. The van der Waals surface area contributed by atoms with Gasteiger partial charge in [-0.15, -0.1) is 11.3 Å². The molecule has 0 aliphatic rings. The molecule has 0 aliphatic carbocycles. The molecule has 0 bridgehead atoms. The van der Waals surface area contributed by atoms with Crippen LogP contribution < -0.4 is 0 Å². The number of oxazole rings is 1. The number of fused-ring (bicyclic) bond motifs is 1. The van der Waals surface area contributed by atoms with Gasteiger partial charge in [-0.3, -0.25) is 0 Å². The maximum atomic E-state index is 5.72. The van der Waals surface area contributed by atoms with Crippen molar-refractivity contribution in [1.82, 2.24) is 9.97 Å². The molecule has 23 heavy (non-hydrogen) atoms. The van der Waals surface area contributed by atoms with Crippen molar-refractivity contribution in [2.24, 2.45) is 0 Å². The molecule has 0 fully saturated rings. The number of thiazole rings is 1. The van der Waals surface area contributed by atoms with E-state index in [0.29, 0.717) is 5.22 Å². The average Bonchev–Trinajstić information content (AvgIpc) is 3.19. The summed E-state index contributed by atoms with van der Waals surface area (Å²) in [6.07, 6.45) is 0. The fourth-order valence-electron chi connectivity index (χ4n) is 2.33. The van der Waals surface area contributed by atoms with Crippen LogP contribution in [-0.2, 0) is 5.75 Å². The Morgan fingerprint density at radius 2 is 2.00 bits per heavy atom. The van der Waals surface area contributed by atoms with E-state index < -0.39 is 0 Å². The molecule has 114 valence electrons. The topological polar surface area (TPSA) is 38.9 Å². The predicted octanol–water partition coefficient (Wildman–Crippen LogP) is 5.55. The van der Waals surface area contributed by atoms with Crippen LogP contribution in [0, 0.1) is 6.92 Å². The van der Waals surface area contributed by atoms with Gasteiger partial charge < -0.3 is 4.42 Å². The van der Waals surface area contributed by atoms with Gasteiger partial charge in [0.15, 0.2) is 5.58 Å². The molecular formula is C18H14N2OS2. The van der Waals surface area contributed by atoms with Crippen molar-refractivity contribution < 1.29 is 4.42 Å². The Labute approximate surface area is 142 Å². The Hall–Kier alpha value is -2.11. The van der Waals surface area contributed by atoms with Crippen molar-refractivity contribution in [2.75, 3.05) is 0 Å². The summed E-state index contributed by atoms with van der Waals surface area (Å²) in [5.41, 5.74) is 5.20. The van der Waals surface area contributed by atoms with Crippen LogP contribution in [0.3, 0.4) is 0 Å². The van der Waals surface area contributed by atoms with Crippen molar-refractivity contribution in [3.05, 3.63) is 65.2 Å². The van der Waals surface area contributed by atoms with Crippen LogP contribution in [0.4, 0.5) is 0 Å². The van der Waals surface area contributed by atoms with E-state index >= 15 is 0 Å². The van der Waals surface area contributed by atoms with Gasteiger partial charge in [0.2, 0.25) is 0 Å². The minimum Gasteiger partial charge on any atom is -0.431 e. The van der Waals surface area contributed by atoms with Crippen molar-refractivity contribution in [2.45, 2.75) is 17.9 Å². The summed E-state index contributed by atoms with van der Waals surface area (Å²) in [6, 6.07) is 16.2. The number of thioether (sulfide) groups is 1. The number of benzene rings is 2. The number of hydrogen-bond acceptors (Lipinski definition) is 5. The molecule has 0 saturated heterocycles. The minimum absolute atomic E-state index is 0.691. The number of rotatable bonds is 4. The van der Waals surface area contributed by atoms with Gasteiger partial charge in [-0.05, 0) is 25.1 Å². The summed E-state index contributed by atoms with van der Waals surface area (Å²) in [7, 11) is 0. The first-order chi connectivity index (χ1) is 11.3. The van der Waals surface area contributed by atoms with Gasteiger partial charge in [0.05, 0.1) is 5.69 Å². The van der Waals surface area contributed by atoms with E-state index in [1.807, 2.05) is 24.3 Å². The normalized spacial score (nSPS) is 11.2. The van der Waals surface area contributed by atoms with Crippen LogP contribution in [-0.4, -0.2) is 9.97 Å². The van der Waals surface area contributed by atoms with Gasteiger partial charge in [0, 0.05) is 16.7 Å². The van der Waals surface area contributed by atoms with Crippen molar-refractivity contribution >= 4 is 34.2 Å². The zero-order valence-corrected chi connectivity index (χ0v) is 14.2. The monoisotopic (exact) mass is 338 g/mol. The highest BCUT2D eigenvalue weighted by atomic mass is 32.2. The molecule has 0 saturated carbocycles. The first-order valence-corrected chi connectivity index (χ1v) is 9.14. The smallest absolute Gasteiger partial charge is 0.257 e. The summed E-state index contributed by atoms with van der Waals surface area (Å²) in [4.78, 5) is 9.20. The SMILES string of the molecule is Cc1cccc(-c2nc(CSc3nc4ccccc4o3)cs2)c1. The molecule has 2 heterocycles. The molecule has 3 nitrogen and oxygen atoms in total. The molecule has 4 aromatic rings. The second-order valence-electron chi connectivity index (χ2n) is 5.25. The number of para-hydroxylation sites is 2. The third-order valence-corrected chi connectivity index (χ3v) is 5.24. The van der Waals surface area contributed by atoms with Crippen molar-refractivity contribution in [3.63, 3.8) is 0 Å². The van der Waals surface area contributed by atoms with Crippen LogP contribution in [0.2, 0.25) is 0 Å². The van der Waals surface area contributed by atoms with E-state index in [9.17, 15) is 0 Å². The van der Waals surface area contributed by atoms with Gasteiger partial charge in [-0.2, -0.15) is 0 Å². The highest BCUT2D eigenvalue weighted by Crippen LogP contribution is 2.29. The van der Waals surface area contributed by atoms with Gasteiger partial charge in [-0.1, -0.05) is 47.7 Å². The zero-order valence-electron chi connectivity index (χ0n) is 12.5. The molecule has 2 aromatic carbocycles. The third-order valence-electron chi connectivity index (χ3n) is 3.43. The molecule has 0 amide bonds. The van der Waals surface area contributed by atoms with Crippen molar-refractivity contribution in [3.8, 4) is 10.6 Å². The molecule has 0 unspecified atom stereocenters. The van der Waals surface area contributed by atoms with Crippen LogP contribution >= 0.6 is 23.1 Å². The van der Waals surface area contributed by atoms with Crippen LogP contribution in [0.25, 0.3) is 21.7 Å². The number of hydrogen-bond donors (Lipinski definition) is 0. The van der Waals surface area contributed by atoms with Gasteiger partial charge in [0.25, 0.3) is 5.22 Å². The van der Waals surface area contributed by atoms with Gasteiger partial charge in [0.1, 0.15) is 10.5 Å². The van der Waals surface area contributed by atoms with Crippen LogP contribution in [0.15, 0.2) is 63.6 Å². The van der Waals surface area contributed by atoms with E-state index in [1.54, 1.807) is 23.1 Å². The van der Waals surface area contributed by atoms with E-state index in [4.69, 9.17) is 9.40 Å². The lowest BCUT2D eigenvalue weighted by Gasteiger charge is -1.97. The Bertz CT molecular complexity index is 925. The molecule has 0 spiro atoms. The fourth-order valence-corrected chi connectivity index (χ4v) is 3.99. The second-order valence-corrected chi connectivity index (χ2v) is 7.03. The summed E-state index contributed by atoms with van der Waals surface area (Å²) in [5, 5.41) is 3.85. The second kappa shape index (κ2) is 6.18. The molecule has 0 atom stereocenters. The lowest BCUT2D eigenvalue weighted by molar-refractivity contribution is 0.489. The van der Waals surface area contributed by atoms with Crippen LogP contribution in [0.5, 0.6) is 0 Å². The van der Waals surface area contributed by atoms with E-state index in [1.165, 1.54) is 11.1 Å². The summed E-state index contributed by atoms with van der Waals surface area (Å²) in [6.45, 7) is 2.10. The maximum Gasteiger partial charge on any atom is 0.257 e. The summed E-state index contributed by atoms with van der Waals surface area (Å²) in [5.74, 6) is 0.759. The third kappa shape index (κ3) is 3.16. The fraction of sp³-hybridized carbons (Fsp3) is 0.111. The Morgan fingerprint density at radius 1 is 1.09 bits per heavy atom. The number of aryl methyl sites for hydroxylation is 1. The Balaban J connectivity index is 1.49. The molecule has 4 rings (SSSR count). The van der Waals surface area contributed by atoms with Crippen LogP contribution in [0.1, 0.15) is 11.3 Å². The first-order valence-electron chi connectivity index (χ1n) is 7.28. The highest BCUT2D eigenvalue weighted by molar-refractivity contribution is 7.98. The lowest BCUT2D eigenvalue weighted by atomic mass is 10.1. The maximum absolute atomic E-state index is 5.72. The predicted molar refractivity (Wildman–Crippen MR) is 95.9 cm³/mol. The zero-order chi connectivity index (χ0) is 15.6. The molecule has 5 heteroatoms.